The zero-order valence-corrected chi connectivity index (χ0v) is 22.1. The number of carbonyl (C=O) groups excluding carboxylic acids is 2. The van der Waals surface area contributed by atoms with Gasteiger partial charge in [0.25, 0.3) is 0 Å². The summed E-state index contributed by atoms with van der Waals surface area (Å²) in [5.41, 5.74) is 3.45. The van der Waals surface area contributed by atoms with Crippen molar-refractivity contribution in [2.24, 2.45) is 5.41 Å². The molecule has 0 saturated carbocycles. The molecule has 2 fully saturated rings. The molecule has 0 N–H and O–H groups in total. The molecule has 0 bridgehead atoms. The van der Waals surface area contributed by atoms with Gasteiger partial charge in [0.05, 0.1) is 6.04 Å². The van der Waals surface area contributed by atoms with Crippen molar-refractivity contribution in [3.05, 3.63) is 35.4 Å². The van der Waals surface area contributed by atoms with Crippen LogP contribution >= 0.6 is 0 Å². The number of rotatable bonds is 5. The minimum atomic E-state index is -0.286. The number of likely N-dealkylation sites (N-methyl/N-ethyl adjacent to an activating group) is 1. The molecule has 2 amide bonds. The molecule has 2 saturated heterocycles. The molecule has 5 heteroatoms. The van der Waals surface area contributed by atoms with Gasteiger partial charge in [-0.05, 0) is 93.5 Å². The molecule has 1 aromatic rings. The number of hydrogen-bond donors (Lipinski definition) is 0. The molecule has 1 aromatic carbocycles. The van der Waals surface area contributed by atoms with Gasteiger partial charge < -0.3 is 14.7 Å². The first kappa shape index (κ1) is 25.2. The fourth-order valence-electron chi connectivity index (χ4n) is 6.64. The summed E-state index contributed by atoms with van der Waals surface area (Å²) in [6.45, 7) is 15.6. The lowest BCUT2D eigenvalue weighted by Gasteiger charge is -2.49. The predicted molar refractivity (Wildman–Crippen MR) is 138 cm³/mol. The van der Waals surface area contributed by atoms with E-state index >= 15 is 0 Å². The van der Waals surface area contributed by atoms with E-state index in [0.29, 0.717) is 18.5 Å². The number of hydrogen-bond acceptors (Lipinski definition) is 3. The van der Waals surface area contributed by atoms with E-state index in [-0.39, 0.29) is 29.3 Å². The van der Waals surface area contributed by atoms with Gasteiger partial charge in [0.15, 0.2) is 0 Å². The summed E-state index contributed by atoms with van der Waals surface area (Å²) in [4.78, 5) is 32.3. The van der Waals surface area contributed by atoms with E-state index in [0.717, 1.165) is 25.7 Å². The lowest BCUT2D eigenvalue weighted by Crippen LogP contribution is -2.51. The van der Waals surface area contributed by atoms with Crippen molar-refractivity contribution in [2.75, 3.05) is 32.7 Å². The Balaban J connectivity index is 1.52. The van der Waals surface area contributed by atoms with Crippen LogP contribution < -0.4 is 0 Å². The molecule has 2 aliphatic heterocycles. The molecule has 0 radical (unpaired) electrons. The van der Waals surface area contributed by atoms with Crippen LogP contribution in [-0.2, 0) is 15.0 Å². The molecular weight excluding hydrogens is 422 g/mol. The van der Waals surface area contributed by atoms with E-state index in [9.17, 15) is 9.59 Å². The fraction of sp³-hybridized carbons (Fsp3) is 0.724. The lowest BCUT2D eigenvalue weighted by atomic mass is 9.63. The van der Waals surface area contributed by atoms with E-state index < -0.39 is 0 Å². The van der Waals surface area contributed by atoms with Crippen molar-refractivity contribution in [3.63, 3.8) is 0 Å². The van der Waals surface area contributed by atoms with Gasteiger partial charge in [0.1, 0.15) is 6.04 Å². The Morgan fingerprint density at radius 2 is 1.76 bits per heavy atom. The summed E-state index contributed by atoms with van der Waals surface area (Å²) in [6.07, 6.45) is 7.54. The van der Waals surface area contributed by atoms with Gasteiger partial charge in [-0.2, -0.15) is 0 Å². The second kappa shape index (κ2) is 10.0. The largest absolute Gasteiger partial charge is 0.334 e. The highest BCUT2D eigenvalue weighted by atomic mass is 16.2. The zero-order chi connectivity index (χ0) is 24.5. The Kier molecular flexibility index (Phi) is 7.42. The van der Waals surface area contributed by atoms with E-state index in [4.69, 9.17) is 0 Å². The standard InChI is InChI=1S/C29H45N3O2/c1-6-31(27(34)26-12-9-18-32(26)22(2)33)25-13-14-29(24-11-8-7-10-23(24)25)16-20-30(21-17-29)19-15-28(3,4)5/h7-8,10-11,25-26H,6,9,12-21H2,1-5H3/t25-,26?/m0/s1. The Labute approximate surface area is 206 Å². The zero-order valence-electron chi connectivity index (χ0n) is 22.1. The molecule has 188 valence electrons. The molecular formula is C29H45N3O2. The first-order chi connectivity index (χ1) is 16.1. The molecule has 5 nitrogen and oxygen atoms in total. The van der Waals surface area contributed by atoms with Gasteiger partial charge in [-0.1, -0.05) is 45.0 Å². The summed E-state index contributed by atoms with van der Waals surface area (Å²) in [5.74, 6) is 0.163. The number of piperidine rings is 1. The van der Waals surface area contributed by atoms with Crippen LogP contribution in [0.4, 0.5) is 0 Å². The molecule has 4 rings (SSSR count). The first-order valence-electron chi connectivity index (χ1n) is 13.5. The molecule has 0 aromatic heterocycles. The van der Waals surface area contributed by atoms with Crippen molar-refractivity contribution >= 4 is 11.8 Å². The van der Waals surface area contributed by atoms with Crippen LogP contribution in [0.1, 0.15) is 96.7 Å². The molecule has 34 heavy (non-hydrogen) atoms. The molecule has 1 aliphatic carbocycles. The maximum Gasteiger partial charge on any atom is 0.245 e. The van der Waals surface area contributed by atoms with Crippen LogP contribution in [0.25, 0.3) is 0 Å². The van der Waals surface area contributed by atoms with Gasteiger partial charge in [-0.15, -0.1) is 0 Å². The molecule has 3 aliphatic rings. The van der Waals surface area contributed by atoms with Crippen LogP contribution in [0.15, 0.2) is 24.3 Å². The first-order valence-corrected chi connectivity index (χ1v) is 13.5. The fourth-order valence-corrected chi connectivity index (χ4v) is 6.64. The number of nitrogens with zero attached hydrogens (tertiary/aromatic N) is 3. The van der Waals surface area contributed by atoms with Crippen molar-refractivity contribution < 1.29 is 9.59 Å². The number of carbonyl (C=O) groups is 2. The van der Waals surface area contributed by atoms with Gasteiger partial charge >= 0.3 is 0 Å². The Bertz CT molecular complexity index is 882. The summed E-state index contributed by atoms with van der Waals surface area (Å²) in [6, 6.07) is 8.75. The lowest BCUT2D eigenvalue weighted by molar-refractivity contribution is -0.144. The third-order valence-electron chi connectivity index (χ3n) is 8.72. The highest BCUT2D eigenvalue weighted by Gasteiger charge is 2.45. The topological polar surface area (TPSA) is 43.9 Å². The average molecular weight is 468 g/mol. The third-order valence-corrected chi connectivity index (χ3v) is 8.72. The second-order valence-electron chi connectivity index (χ2n) is 12.1. The quantitative estimate of drug-likeness (QED) is 0.601. The van der Waals surface area contributed by atoms with Crippen LogP contribution in [0.3, 0.4) is 0 Å². The smallest absolute Gasteiger partial charge is 0.245 e. The van der Waals surface area contributed by atoms with Gasteiger partial charge in [0, 0.05) is 20.0 Å². The van der Waals surface area contributed by atoms with Crippen molar-refractivity contribution in [2.45, 2.75) is 97.1 Å². The van der Waals surface area contributed by atoms with Crippen LogP contribution in [0.5, 0.6) is 0 Å². The monoisotopic (exact) mass is 467 g/mol. The van der Waals surface area contributed by atoms with Gasteiger partial charge in [-0.25, -0.2) is 0 Å². The molecule has 2 atom stereocenters. The summed E-state index contributed by atoms with van der Waals surface area (Å²) in [5, 5.41) is 0. The van der Waals surface area contributed by atoms with E-state index in [2.05, 4.69) is 61.8 Å². The third kappa shape index (κ3) is 5.05. The average Bonchev–Trinajstić information content (AvgIpc) is 3.31. The van der Waals surface area contributed by atoms with Crippen LogP contribution in [-0.4, -0.2) is 65.3 Å². The maximum atomic E-state index is 13.7. The number of fused-ring (bicyclic) bond motifs is 2. The number of likely N-dealkylation sites (tertiary alicyclic amines) is 2. The van der Waals surface area contributed by atoms with E-state index in [1.807, 2.05) is 0 Å². The summed E-state index contributed by atoms with van der Waals surface area (Å²) in [7, 11) is 0. The van der Waals surface area contributed by atoms with Crippen LogP contribution in [0, 0.1) is 5.41 Å². The molecule has 2 heterocycles. The van der Waals surface area contributed by atoms with Crippen molar-refractivity contribution in [1.29, 1.82) is 0 Å². The number of amides is 2. The van der Waals surface area contributed by atoms with Crippen molar-refractivity contribution in [3.8, 4) is 0 Å². The maximum absolute atomic E-state index is 13.7. The molecule has 1 unspecified atom stereocenters. The summed E-state index contributed by atoms with van der Waals surface area (Å²) >= 11 is 0. The number of benzene rings is 1. The Morgan fingerprint density at radius 1 is 1.06 bits per heavy atom. The predicted octanol–water partition coefficient (Wildman–Crippen LogP) is 5.15. The Hall–Kier alpha value is -1.88. The van der Waals surface area contributed by atoms with Gasteiger partial charge in [-0.3, -0.25) is 9.59 Å². The second-order valence-corrected chi connectivity index (χ2v) is 12.1. The van der Waals surface area contributed by atoms with E-state index in [1.165, 1.54) is 50.0 Å². The molecule has 1 spiro atoms. The van der Waals surface area contributed by atoms with Crippen molar-refractivity contribution in [1.82, 2.24) is 14.7 Å². The SMILES string of the molecule is CCN(C(=O)C1CCCN1C(C)=O)[C@H]1CCC2(CCN(CCC(C)(C)C)CC2)c2ccccc21. The highest BCUT2D eigenvalue weighted by molar-refractivity contribution is 5.88. The van der Waals surface area contributed by atoms with Crippen LogP contribution in [0.2, 0.25) is 0 Å². The minimum absolute atomic E-state index is 0.0214. The Morgan fingerprint density at radius 3 is 2.41 bits per heavy atom. The van der Waals surface area contributed by atoms with Gasteiger partial charge in [0.2, 0.25) is 11.8 Å². The summed E-state index contributed by atoms with van der Waals surface area (Å²) < 4.78 is 0. The normalized spacial score (nSPS) is 24.8. The minimum Gasteiger partial charge on any atom is -0.334 e. The highest BCUT2D eigenvalue weighted by Crippen LogP contribution is 2.49. The van der Waals surface area contributed by atoms with E-state index in [1.54, 1.807) is 11.8 Å².